The number of aryl methyl sites for hydroxylation is 2. The molecule has 0 aromatic carbocycles. The van der Waals surface area contributed by atoms with Gasteiger partial charge in [-0.3, -0.25) is 4.79 Å². The molecular formula is C13H21NO4S. The van der Waals surface area contributed by atoms with Gasteiger partial charge >= 0.3 is 0 Å². The number of carbonyl (C=O) groups excluding carboxylic acids is 1. The van der Waals surface area contributed by atoms with Crippen molar-refractivity contribution in [3.05, 3.63) is 23.2 Å². The van der Waals surface area contributed by atoms with Gasteiger partial charge in [-0.1, -0.05) is 13.8 Å². The van der Waals surface area contributed by atoms with E-state index < -0.39 is 21.2 Å². The lowest BCUT2D eigenvalue weighted by Gasteiger charge is -2.15. The summed E-state index contributed by atoms with van der Waals surface area (Å²) in [6.07, 6.45) is 0.506. The number of sulfonamides is 1. The number of rotatable bonds is 5. The predicted octanol–water partition coefficient (Wildman–Crippen LogP) is 2.39. The van der Waals surface area contributed by atoms with E-state index in [0.29, 0.717) is 17.9 Å². The van der Waals surface area contributed by atoms with E-state index >= 15 is 0 Å². The second-order valence-electron chi connectivity index (χ2n) is 5.24. The van der Waals surface area contributed by atoms with Gasteiger partial charge < -0.3 is 4.42 Å². The van der Waals surface area contributed by atoms with Gasteiger partial charge in [0, 0.05) is 0 Å². The van der Waals surface area contributed by atoms with Crippen LogP contribution in [-0.4, -0.2) is 19.6 Å². The smallest absolute Gasteiger partial charge is 0.268 e. The molecule has 0 aliphatic rings. The summed E-state index contributed by atoms with van der Waals surface area (Å²) in [7, 11) is -3.65. The molecule has 6 heteroatoms. The van der Waals surface area contributed by atoms with Gasteiger partial charge in [0.25, 0.3) is 5.91 Å². The zero-order chi connectivity index (χ0) is 14.8. The van der Waals surface area contributed by atoms with E-state index in [4.69, 9.17) is 4.42 Å². The quantitative estimate of drug-likeness (QED) is 0.902. The summed E-state index contributed by atoms with van der Waals surface area (Å²) in [6, 6.07) is 1.54. The standard InChI is InChI=1S/C13H21NO4S/c1-8(2)6-10(4)19(16,17)14-13(15)12-7-9(3)18-11(12)5/h7-8,10H,6H2,1-5H3,(H,14,15)/t10-/m0/s1. The molecule has 0 saturated carbocycles. The highest BCUT2D eigenvalue weighted by atomic mass is 32.2. The minimum atomic E-state index is -3.65. The highest BCUT2D eigenvalue weighted by Gasteiger charge is 2.25. The molecule has 0 saturated heterocycles. The van der Waals surface area contributed by atoms with Crippen LogP contribution in [0.2, 0.25) is 0 Å². The van der Waals surface area contributed by atoms with Crippen molar-refractivity contribution in [2.24, 2.45) is 5.92 Å². The highest BCUT2D eigenvalue weighted by molar-refractivity contribution is 7.90. The molecule has 0 fully saturated rings. The molecule has 0 bridgehead atoms. The second kappa shape index (κ2) is 5.77. The molecule has 0 spiro atoms. The molecule has 0 aliphatic carbocycles. The topological polar surface area (TPSA) is 76.4 Å². The minimum absolute atomic E-state index is 0.250. The number of hydrogen-bond donors (Lipinski definition) is 1. The first-order chi connectivity index (χ1) is 8.63. The van der Waals surface area contributed by atoms with Crippen LogP contribution in [-0.2, 0) is 10.0 Å². The Balaban J connectivity index is 2.84. The van der Waals surface area contributed by atoms with Crippen LogP contribution in [0.15, 0.2) is 10.5 Å². The van der Waals surface area contributed by atoms with Crippen molar-refractivity contribution in [1.82, 2.24) is 4.72 Å². The van der Waals surface area contributed by atoms with Crippen molar-refractivity contribution in [1.29, 1.82) is 0 Å². The van der Waals surface area contributed by atoms with Crippen molar-refractivity contribution in [3.8, 4) is 0 Å². The molecule has 0 radical (unpaired) electrons. The number of amides is 1. The average Bonchev–Trinajstić information content (AvgIpc) is 2.56. The molecule has 0 unspecified atom stereocenters. The fourth-order valence-electron chi connectivity index (χ4n) is 1.93. The molecule has 19 heavy (non-hydrogen) atoms. The molecule has 1 amide bonds. The maximum Gasteiger partial charge on any atom is 0.268 e. The van der Waals surface area contributed by atoms with Gasteiger partial charge in [0.15, 0.2) is 0 Å². The van der Waals surface area contributed by atoms with Crippen LogP contribution in [0.1, 0.15) is 49.1 Å². The lowest BCUT2D eigenvalue weighted by Crippen LogP contribution is -2.37. The van der Waals surface area contributed by atoms with Gasteiger partial charge in [0.05, 0.1) is 10.8 Å². The Hall–Kier alpha value is -1.30. The van der Waals surface area contributed by atoms with E-state index in [2.05, 4.69) is 4.72 Å². The average molecular weight is 287 g/mol. The first-order valence-corrected chi connectivity index (χ1v) is 7.81. The Kier molecular flexibility index (Phi) is 4.79. The van der Waals surface area contributed by atoms with Gasteiger partial charge in [-0.25, -0.2) is 13.1 Å². The van der Waals surface area contributed by atoms with Crippen LogP contribution < -0.4 is 4.72 Å². The van der Waals surface area contributed by atoms with E-state index in [1.165, 1.54) is 6.07 Å². The van der Waals surface area contributed by atoms with Crippen molar-refractivity contribution in [2.75, 3.05) is 0 Å². The van der Waals surface area contributed by atoms with Crippen molar-refractivity contribution < 1.29 is 17.6 Å². The van der Waals surface area contributed by atoms with Gasteiger partial charge in [-0.15, -0.1) is 0 Å². The minimum Gasteiger partial charge on any atom is -0.466 e. The largest absolute Gasteiger partial charge is 0.466 e. The molecule has 1 atom stereocenters. The van der Waals surface area contributed by atoms with Crippen LogP contribution in [0, 0.1) is 19.8 Å². The molecule has 108 valence electrons. The van der Waals surface area contributed by atoms with E-state index in [1.807, 2.05) is 13.8 Å². The third kappa shape index (κ3) is 4.09. The highest BCUT2D eigenvalue weighted by Crippen LogP contribution is 2.16. The number of furan rings is 1. The van der Waals surface area contributed by atoms with Crippen molar-refractivity contribution in [3.63, 3.8) is 0 Å². The van der Waals surface area contributed by atoms with Crippen molar-refractivity contribution >= 4 is 15.9 Å². The summed E-state index contributed by atoms with van der Waals surface area (Å²) < 4.78 is 31.3. The van der Waals surface area contributed by atoms with Crippen LogP contribution >= 0.6 is 0 Å². The maximum absolute atomic E-state index is 12.0. The SMILES string of the molecule is Cc1cc(C(=O)NS(=O)(=O)[C@@H](C)CC(C)C)c(C)o1. The van der Waals surface area contributed by atoms with E-state index in [1.54, 1.807) is 20.8 Å². The lowest BCUT2D eigenvalue weighted by atomic mass is 10.1. The van der Waals surface area contributed by atoms with E-state index in [9.17, 15) is 13.2 Å². The Morgan fingerprint density at radius 3 is 2.32 bits per heavy atom. The molecule has 0 aliphatic heterocycles. The third-order valence-electron chi connectivity index (χ3n) is 2.85. The lowest BCUT2D eigenvalue weighted by molar-refractivity contribution is 0.0979. The molecule has 5 nitrogen and oxygen atoms in total. The Morgan fingerprint density at radius 1 is 1.32 bits per heavy atom. The van der Waals surface area contributed by atoms with Crippen molar-refractivity contribution in [2.45, 2.75) is 46.3 Å². The first kappa shape index (κ1) is 15.8. The fraction of sp³-hybridized carbons (Fsp3) is 0.615. The van der Waals surface area contributed by atoms with Crippen LogP contribution in [0.3, 0.4) is 0 Å². The van der Waals surface area contributed by atoms with E-state index in [0.717, 1.165) is 0 Å². The summed E-state index contributed by atoms with van der Waals surface area (Å²) >= 11 is 0. The van der Waals surface area contributed by atoms with Gasteiger partial charge in [0.2, 0.25) is 10.0 Å². The second-order valence-corrected chi connectivity index (χ2v) is 7.34. The molecule has 1 aromatic heterocycles. The van der Waals surface area contributed by atoms with Crippen LogP contribution in [0.25, 0.3) is 0 Å². The summed E-state index contributed by atoms with van der Waals surface area (Å²) in [5.41, 5.74) is 0.262. The Bertz CT molecular complexity index is 557. The van der Waals surface area contributed by atoms with Crippen LogP contribution in [0.5, 0.6) is 0 Å². The predicted molar refractivity (Wildman–Crippen MR) is 73.5 cm³/mol. The van der Waals surface area contributed by atoms with E-state index in [-0.39, 0.29) is 11.5 Å². The third-order valence-corrected chi connectivity index (χ3v) is 4.58. The van der Waals surface area contributed by atoms with Gasteiger partial charge in [-0.05, 0) is 39.2 Å². The van der Waals surface area contributed by atoms with Crippen LogP contribution in [0.4, 0.5) is 0 Å². The molecule has 1 N–H and O–H groups in total. The fourth-order valence-corrected chi connectivity index (χ4v) is 3.14. The number of nitrogens with one attached hydrogen (secondary N) is 1. The molecular weight excluding hydrogens is 266 g/mol. The molecule has 1 aromatic rings. The summed E-state index contributed by atoms with van der Waals surface area (Å²) in [4.78, 5) is 11.9. The molecule has 1 rings (SSSR count). The Labute approximate surface area is 114 Å². The zero-order valence-corrected chi connectivity index (χ0v) is 12.8. The maximum atomic E-state index is 12.0. The summed E-state index contributed by atoms with van der Waals surface area (Å²) in [6.45, 7) is 8.82. The summed E-state index contributed by atoms with van der Waals surface area (Å²) in [5.74, 6) is 0.613. The monoisotopic (exact) mass is 287 g/mol. The number of carbonyl (C=O) groups is 1. The Morgan fingerprint density at radius 2 is 1.89 bits per heavy atom. The normalized spacial score (nSPS) is 13.6. The number of hydrogen-bond acceptors (Lipinski definition) is 4. The zero-order valence-electron chi connectivity index (χ0n) is 12.0. The van der Waals surface area contributed by atoms with Gasteiger partial charge in [0.1, 0.15) is 11.5 Å². The van der Waals surface area contributed by atoms with Gasteiger partial charge in [-0.2, -0.15) is 0 Å². The molecule has 1 heterocycles. The summed E-state index contributed by atoms with van der Waals surface area (Å²) in [5, 5.41) is -0.607. The first-order valence-electron chi connectivity index (χ1n) is 6.26.